The number of anilines is 1. The van der Waals surface area contributed by atoms with Crippen LogP contribution in [0.3, 0.4) is 0 Å². The van der Waals surface area contributed by atoms with Crippen LogP contribution < -0.4 is 5.32 Å². The summed E-state index contributed by atoms with van der Waals surface area (Å²) in [6.45, 7) is 2.23. The lowest BCUT2D eigenvalue weighted by Crippen LogP contribution is -2.31. The Morgan fingerprint density at radius 1 is 1.05 bits per heavy atom. The minimum absolute atomic E-state index is 0.147. The number of nitrogens with one attached hydrogen (secondary N) is 1. The van der Waals surface area contributed by atoms with Gasteiger partial charge in [-0.1, -0.05) is 45.4 Å². The summed E-state index contributed by atoms with van der Waals surface area (Å²) in [5.74, 6) is 1.21. The van der Waals surface area contributed by atoms with Crippen LogP contribution in [-0.2, 0) is 0 Å². The molecule has 1 fully saturated rings. The second-order valence-corrected chi connectivity index (χ2v) is 6.52. The molecular weight excluding hydrogens is 307 g/mol. The molecular formula is C15H24Cl2N4. The van der Waals surface area contributed by atoms with Crippen LogP contribution in [0.2, 0.25) is 10.6 Å². The largest absolute Gasteiger partial charge is 0.351 e. The SMILES string of the molecule is CCCCCC(Nc1nc(Cl)nc(Cl)n1)C1CCCCC1. The van der Waals surface area contributed by atoms with Gasteiger partial charge in [0.15, 0.2) is 0 Å². The van der Waals surface area contributed by atoms with Gasteiger partial charge in [0.1, 0.15) is 0 Å². The van der Waals surface area contributed by atoms with Gasteiger partial charge in [0, 0.05) is 6.04 Å². The average molecular weight is 331 g/mol. The van der Waals surface area contributed by atoms with Crippen LogP contribution >= 0.6 is 23.2 Å². The predicted molar refractivity (Wildman–Crippen MR) is 88.0 cm³/mol. The standard InChI is InChI=1S/C15H24Cl2N4/c1-2-3-5-10-12(11-8-6-4-7-9-11)18-15-20-13(16)19-14(17)21-15/h11-12H,2-10H2,1H3,(H,18,19,20,21). The molecule has 1 atom stereocenters. The Hall–Kier alpha value is -0.610. The number of hydrogen-bond donors (Lipinski definition) is 1. The van der Waals surface area contributed by atoms with E-state index < -0.39 is 0 Å². The summed E-state index contributed by atoms with van der Waals surface area (Å²) in [5, 5.41) is 3.75. The van der Waals surface area contributed by atoms with Gasteiger partial charge in [0.25, 0.3) is 0 Å². The maximum Gasteiger partial charge on any atom is 0.228 e. The van der Waals surface area contributed by atoms with E-state index >= 15 is 0 Å². The van der Waals surface area contributed by atoms with Crippen LogP contribution in [0, 0.1) is 5.92 Å². The lowest BCUT2D eigenvalue weighted by Gasteiger charge is -2.31. The monoisotopic (exact) mass is 330 g/mol. The van der Waals surface area contributed by atoms with Crippen LogP contribution in [-0.4, -0.2) is 21.0 Å². The first-order valence-corrected chi connectivity index (χ1v) is 8.78. The predicted octanol–water partition coefficient (Wildman–Crippen LogP) is 5.12. The first kappa shape index (κ1) is 16.8. The Morgan fingerprint density at radius 3 is 2.33 bits per heavy atom. The molecule has 118 valence electrons. The number of halogens is 2. The Balaban J connectivity index is 2.02. The molecule has 1 N–H and O–H groups in total. The molecule has 1 aromatic heterocycles. The summed E-state index contributed by atoms with van der Waals surface area (Å²) in [6.07, 6.45) is 11.5. The second-order valence-electron chi connectivity index (χ2n) is 5.84. The van der Waals surface area contributed by atoms with Crippen molar-refractivity contribution in [3.63, 3.8) is 0 Å². The Morgan fingerprint density at radius 2 is 1.71 bits per heavy atom. The second kappa shape index (κ2) is 8.74. The zero-order chi connectivity index (χ0) is 15.1. The lowest BCUT2D eigenvalue weighted by atomic mass is 9.82. The highest BCUT2D eigenvalue weighted by molar-refractivity contribution is 6.31. The van der Waals surface area contributed by atoms with Crippen LogP contribution in [0.15, 0.2) is 0 Å². The van der Waals surface area contributed by atoms with Gasteiger partial charge < -0.3 is 5.32 Å². The van der Waals surface area contributed by atoms with Gasteiger partial charge in [-0.3, -0.25) is 0 Å². The Bertz CT molecular complexity index is 415. The molecule has 21 heavy (non-hydrogen) atoms. The lowest BCUT2D eigenvalue weighted by molar-refractivity contribution is 0.303. The molecule has 1 aliphatic carbocycles. The number of hydrogen-bond acceptors (Lipinski definition) is 4. The van der Waals surface area contributed by atoms with Crippen molar-refractivity contribution in [3.8, 4) is 0 Å². The number of rotatable bonds is 7. The van der Waals surface area contributed by atoms with Crippen molar-refractivity contribution in [2.75, 3.05) is 5.32 Å². The number of nitrogens with zero attached hydrogens (tertiary/aromatic N) is 3. The minimum Gasteiger partial charge on any atom is -0.351 e. The van der Waals surface area contributed by atoms with E-state index in [0.29, 0.717) is 17.9 Å². The maximum absolute atomic E-state index is 5.86. The van der Waals surface area contributed by atoms with Gasteiger partial charge in [-0.05, 0) is 48.4 Å². The first-order chi connectivity index (χ1) is 10.2. The van der Waals surface area contributed by atoms with Crippen LogP contribution in [0.25, 0.3) is 0 Å². The molecule has 0 bridgehead atoms. The average Bonchev–Trinajstić information content (AvgIpc) is 2.46. The molecule has 6 heteroatoms. The molecule has 0 aromatic carbocycles. The fourth-order valence-corrected chi connectivity index (χ4v) is 3.50. The number of unbranched alkanes of at least 4 members (excludes halogenated alkanes) is 2. The van der Waals surface area contributed by atoms with E-state index in [9.17, 15) is 0 Å². The molecule has 1 unspecified atom stereocenters. The van der Waals surface area contributed by atoms with E-state index in [0.717, 1.165) is 6.42 Å². The van der Waals surface area contributed by atoms with Gasteiger partial charge in [-0.2, -0.15) is 15.0 Å². The van der Waals surface area contributed by atoms with Crippen LogP contribution in [0.1, 0.15) is 64.7 Å². The molecule has 1 heterocycles. The molecule has 1 aliphatic rings. The van der Waals surface area contributed by atoms with Crippen molar-refractivity contribution >= 4 is 29.2 Å². The first-order valence-electron chi connectivity index (χ1n) is 8.02. The topological polar surface area (TPSA) is 50.7 Å². The summed E-state index contributed by atoms with van der Waals surface area (Å²) in [5.41, 5.74) is 0. The third-order valence-corrected chi connectivity index (χ3v) is 4.57. The van der Waals surface area contributed by atoms with Crippen molar-refractivity contribution in [2.24, 2.45) is 5.92 Å². The van der Waals surface area contributed by atoms with Gasteiger partial charge in [-0.25, -0.2) is 0 Å². The summed E-state index contributed by atoms with van der Waals surface area (Å²) in [6, 6.07) is 0.409. The van der Waals surface area contributed by atoms with Gasteiger partial charge in [0.05, 0.1) is 0 Å². The smallest absolute Gasteiger partial charge is 0.228 e. The third kappa shape index (κ3) is 5.59. The summed E-state index contributed by atoms with van der Waals surface area (Å²) >= 11 is 11.7. The molecule has 0 saturated heterocycles. The van der Waals surface area contributed by atoms with Crippen molar-refractivity contribution in [1.29, 1.82) is 0 Å². The molecule has 0 spiro atoms. The van der Waals surface area contributed by atoms with Crippen molar-refractivity contribution in [1.82, 2.24) is 15.0 Å². The fourth-order valence-electron chi connectivity index (χ4n) is 3.13. The van der Waals surface area contributed by atoms with Crippen molar-refractivity contribution < 1.29 is 0 Å². The van der Waals surface area contributed by atoms with Gasteiger partial charge in [-0.15, -0.1) is 0 Å². The van der Waals surface area contributed by atoms with E-state index in [1.807, 2.05) is 0 Å². The highest BCUT2D eigenvalue weighted by atomic mass is 35.5. The van der Waals surface area contributed by atoms with Crippen molar-refractivity contribution in [2.45, 2.75) is 70.8 Å². The van der Waals surface area contributed by atoms with Gasteiger partial charge in [0.2, 0.25) is 16.5 Å². The molecule has 1 saturated carbocycles. The number of aromatic nitrogens is 3. The quantitative estimate of drug-likeness (QED) is 0.705. The molecule has 0 aliphatic heterocycles. The summed E-state index contributed by atoms with van der Waals surface area (Å²) < 4.78 is 0. The highest BCUT2D eigenvalue weighted by Crippen LogP contribution is 2.30. The molecule has 1 aromatic rings. The molecule has 0 radical (unpaired) electrons. The maximum atomic E-state index is 5.86. The van der Waals surface area contributed by atoms with E-state index in [4.69, 9.17) is 23.2 Å². The molecule has 0 amide bonds. The highest BCUT2D eigenvalue weighted by Gasteiger charge is 2.24. The van der Waals surface area contributed by atoms with Gasteiger partial charge >= 0.3 is 0 Å². The molecule has 4 nitrogen and oxygen atoms in total. The Labute approximate surface area is 137 Å². The molecule has 2 rings (SSSR count). The Kier molecular flexibility index (Phi) is 6.97. The van der Waals surface area contributed by atoms with Crippen LogP contribution in [0.4, 0.5) is 5.95 Å². The van der Waals surface area contributed by atoms with E-state index in [2.05, 4.69) is 27.2 Å². The van der Waals surface area contributed by atoms with Crippen LogP contribution in [0.5, 0.6) is 0 Å². The van der Waals surface area contributed by atoms with E-state index in [-0.39, 0.29) is 10.6 Å². The zero-order valence-electron chi connectivity index (χ0n) is 12.6. The summed E-state index contributed by atoms with van der Waals surface area (Å²) in [4.78, 5) is 12.1. The van der Waals surface area contributed by atoms with E-state index in [1.165, 1.54) is 51.4 Å². The summed E-state index contributed by atoms with van der Waals surface area (Å²) in [7, 11) is 0. The van der Waals surface area contributed by atoms with Crippen molar-refractivity contribution in [3.05, 3.63) is 10.6 Å². The van der Waals surface area contributed by atoms with E-state index in [1.54, 1.807) is 0 Å². The fraction of sp³-hybridized carbons (Fsp3) is 0.800. The minimum atomic E-state index is 0.147. The normalized spacial score (nSPS) is 17.7. The zero-order valence-corrected chi connectivity index (χ0v) is 14.1. The third-order valence-electron chi connectivity index (χ3n) is 4.23.